The molecule has 0 fully saturated rings. The van der Waals surface area contributed by atoms with E-state index in [1.807, 2.05) is 85.8 Å². The number of hydrogen-bond acceptors (Lipinski definition) is 5. The number of nitrogens with one attached hydrogen (secondary N) is 1. The van der Waals surface area contributed by atoms with Gasteiger partial charge in [0.05, 0.1) is 6.10 Å². The van der Waals surface area contributed by atoms with E-state index in [4.69, 9.17) is 9.16 Å². The first-order valence-electron chi connectivity index (χ1n) is 17.6. The molecular weight excluding hydrogens is 657 g/mol. The van der Waals surface area contributed by atoms with Gasteiger partial charge in [-0.05, 0) is 51.0 Å². The number of carbonyl (C=O) groups is 3. The third-order valence-electron chi connectivity index (χ3n) is 9.34. The van der Waals surface area contributed by atoms with Gasteiger partial charge in [0.25, 0.3) is 14.2 Å². The Hall–Kier alpha value is -4.99. The number of nitrogens with zero attached hydrogens (tertiary/aromatic N) is 1. The molecule has 0 spiro atoms. The van der Waals surface area contributed by atoms with E-state index in [2.05, 4.69) is 62.5 Å². The Kier molecular flexibility index (Phi) is 11.9. The van der Waals surface area contributed by atoms with E-state index in [0.29, 0.717) is 25.9 Å². The van der Waals surface area contributed by atoms with Crippen LogP contribution in [-0.4, -0.2) is 67.4 Å². The van der Waals surface area contributed by atoms with Gasteiger partial charge in [-0.15, -0.1) is 0 Å². The maximum atomic E-state index is 14.5. The standard InChI is InChI=1S/C42H48N2O6Si/c1-6-27-44(28-26-31-22-24-33(25-23-31)32-16-10-7-11-17-32)40(46)39-38(43-30(2)45)36(29-37(49-39)41(47)48)50-51(42(3,4)5,34-18-12-8-13-19-34)35-20-14-9-15-21-35/h7-25,29,36,38-39H,6,26-28H2,1-5H3,(H,43,45)(H,47,48)/t36-,38+,39+/m0/s1. The zero-order valence-corrected chi connectivity index (χ0v) is 31.0. The van der Waals surface area contributed by atoms with E-state index in [-0.39, 0.29) is 11.7 Å². The fraction of sp³-hybridized carbons (Fsp3) is 0.310. The van der Waals surface area contributed by atoms with Gasteiger partial charge < -0.3 is 24.5 Å². The number of amides is 2. The molecule has 266 valence electrons. The first kappa shape index (κ1) is 37.3. The summed E-state index contributed by atoms with van der Waals surface area (Å²) in [4.78, 5) is 41.6. The molecule has 1 aliphatic heterocycles. The van der Waals surface area contributed by atoms with Crippen LogP contribution >= 0.6 is 0 Å². The summed E-state index contributed by atoms with van der Waals surface area (Å²) in [5.41, 5.74) is 3.29. The van der Waals surface area contributed by atoms with Gasteiger partial charge in [0, 0.05) is 20.0 Å². The minimum absolute atomic E-state index is 0.383. The van der Waals surface area contributed by atoms with Crippen LogP contribution in [0.4, 0.5) is 0 Å². The summed E-state index contributed by atoms with van der Waals surface area (Å²) in [6.45, 7) is 10.5. The van der Waals surface area contributed by atoms with Crippen molar-refractivity contribution in [3.8, 4) is 11.1 Å². The van der Waals surface area contributed by atoms with Gasteiger partial charge in [-0.2, -0.15) is 0 Å². The topological polar surface area (TPSA) is 105 Å². The molecule has 8 nitrogen and oxygen atoms in total. The second-order valence-electron chi connectivity index (χ2n) is 14.0. The van der Waals surface area contributed by atoms with Crippen LogP contribution in [0.2, 0.25) is 5.04 Å². The van der Waals surface area contributed by atoms with Crippen molar-refractivity contribution in [3.63, 3.8) is 0 Å². The lowest BCUT2D eigenvalue weighted by atomic mass is 9.98. The maximum absolute atomic E-state index is 14.5. The Morgan fingerprint density at radius 2 is 1.33 bits per heavy atom. The second-order valence-corrected chi connectivity index (χ2v) is 18.2. The lowest BCUT2D eigenvalue weighted by Gasteiger charge is -2.47. The Bertz CT molecular complexity index is 1770. The van der Waals surface area contributed by atoms with Crippen LogP contribution in [0, 0.1) is 0 Å². The molecule has 51 heavy (non-hydrogen) atoms. The third kappa shape index (κ3) is 8.49. The lowest BCUT2D eigenvalue weighted by molar-refractivity contribution is -0.151. The molecule has 2 N–H and O–H groups in total. The van der Waals surface area contributed by atoms with E-state index >= 15 is 0 Å². The fourth-order valence-electron chi connectivity index (χ4n) is 6.94. The molecule has 5 rings (SSSR count). The summed E-state index contributed by atoms with van der Waals surface area (Å²) < 4.78 is 13.3. The first-order chi connectivity index (χ1) is 24.4. The minimum Gasteiger partial charge on any atom is -0.475 e. The zero-order valence-electron chi connectivity index (χ0n) is 30.0. The predicted molar refractivity (Wildman–Crippen MR) is 203 cm³/mol. The highest BCUT2D eigenvalue weighted by atomic mass is 28.4. The van der Waals surface area contributed by atoms with Crippen molar-refractivity contribution in [3.05, 3.63) is 133 Å². The molecule has 0 saturated carbocycles. The summed E-state index contributed by atoms with van der Waals surface area (Å²) in [6, 6.07) is 37.3. The largest absolute Gasteiger partial charge is 0.475 e. The lowest BCUT2D eigenvalue weighted by Crippen LogP contribution is -2.70. The molecule has 2 amide bonds. The van der Waals surface area contributed by atoms with Crippen LogP contribution < -0.4 is 15.7 Å². The highest BCUT2D eigenvalue weighted by molar-refractivity contribution is 6.99. The summed E-state index contributed by atoms with van der Waals surface area (Å²) in [6.07, 6.45) is 0.343. The van der Waals surface area contributed by atoms with Crippen LogP contribution in [0.3, 0.4) is 0 Å². The van der Waals surface area contributed by atoms with Crippen molar-refractivity contribution in [2.24, 2.45) is 0 Å². The van der Waals surface area contributed by atoms with Crippen LogP contribution in [0.25, 0.3) is 11.1 Å². The van der Waals surface area contributed by atoms with Crippen LogP contribution in [0.5, 0.6) is 0 Å². The molecule has 0 saturated heterocycles. The molecule has 9 heteroatoms. The van der Waals surface area contributed by atoms with Gasteiger partial charge in [-0.1, -0.05) is 143 Å². The van der Waals surface area contributed by atoms with Crippen molar-refractivity contribution >= 4 is 36.5 Å². The number of carboxylic acids is 1. The summed E-state index contributed by atoms with van der Waals surface area (Å²) in [5, 5.41) is 14.7. The minimum atomic E-state index is -3.26. The van der Waals surface area contributed by atoms with Crippen LogP contribution in [0.15, 0.2) is 127 Å². The van der Waals surface area contributed by atoms with Gasteiger partial charge in [-0.25, -0.2) is 4.79 Å². The Labute approximate surface area is 302 Å². The van der Waals surface area contributed by atoms with Gasteiger partial charge in [0.1, 0.15) is 6.04 Å². The molecule has 1 heterocycles. The number of carbonyl (C=O) groups excluding carboxylic acids is 2. The average Bonchev–Trinajstić information content (AvgIpc) is 3.13. The monoisotopic (exact) mass is 704 g/mol. The fourth-order valence-corrected chi connectivity index (χ4v) is 11.6. The van der Waals surface area contributed by atoms with Crippen molar-refractivity contribution < 1.29 is 28.7 Å². The van der Waals surface area contributed by atoms with Gasteiger partial charge >= 0.3 is 5.97 Å². The number of benzene rings is 4. The van der Waals surface area contributed by atoms with E-state index < -0.39 is 43.5 Å². The molecule has 1 aliphatic rings. The van der Waals surface area contributed by atoms with Gasteiger partial charge in [0.2, 0.25) is 11.7 Å². The third-order valence-corrected chi connectivity index (χ3v) is 14.4. The van der Waals surface area contributed by atoms with Crippen molar-refractivity contribution in [1.29, 1.82) is 0 Å². The van der Waals surface area contributed by atoms with Gasteiger partial charge in [-0.3, -0.25) is 9.59 Å². The van der Waals surface area contributed by atoms with Crippen molar-refractivity contribution in [1.82, 2.24) is 10.2 Å². The van der Waals surface area contributed by atoms with E-state index in [0.717, 1.165) is 27.1 Å². The number of hydrogen-bond donors (Lipinski definition) is 2. The zero-order chi connectivity index (χ0) is 36.6. The van der Waals surface area contributed by atoms with Crippen molar-refractivity contribution in [2.75, 3.05) is 13.1 Å². The molecule has 0 unspecified atom stereocenters. The number of rotatable bonds is 13. The number of aliphatic carboxylic acids is 1. The first-order valence-corrected chi connectivity index (χ1v) is 19.5. The van der Waals surface area contributed by atoms with E-state index in [1.165, 1.54) is 13.0 Å². The second kappa shape index (κ2) is 16.4. The molecule has 3 atom stereocenters. The van der Waals surface area contributed by atoms with Crippen LogP contribution in [-0.2, 0) is 30.0 Å². The highest BCUT2D eigenvalue weighted by Gasteiger charge is 2.54. The quantitative estimate of drug-likeness (QED) is 0.167. The summed E-state index contributed by atoms with van der Waals surface area (Å²) >= 11 is 0. The van der Waals surface area contributed by atoms with Crippen molar-refractivity contribution in [2.45, 2.75) is 70.7 Å². The number of ether oxygens (including phenoxy) is 1. The molecule has 4 aromatic rings. The predicted octanol–water partition coefficient (Wildman–Crippen LogP) is 5.95. The Morgan fingerprint density at radius 3 is 1.82 bits per heavy atom. The van der Waals surface area contributed by atoms with Gasteiger partial charge in [0.15, 0.2) is 6.10 Å². The number of carboxylic acid groups (broad SMARTS) is 1. The molecule has 0 aliphatic carbocycles. The maximum Gasteiger partial charge on any atom is 0.370 e. The normalized spacial score (nSPS) is 17.5. The smallest absolute Gasteiger partial charge is 0.370 e. The molecular formula is C42H48N2O6Si. The Morgan fingerprint density at radius 1 is 0.804 bits per heavy atom. The molecule has 0 radical (unpaired) electrons. The SMILES string of the molecule is CCCN(CCc1ccc(-c2ccccc2)cc1)C(=O)[C@@H]1OC(C(=O)O)=C[C@H](O[Si](c2ccccc2)(c2ccccc2)C(C)(C)C)[C@H]1NC(C)=O. The molecule has 0 aromatic heterocycles. The highest BCUT2D eigenvalue weighted by Crippen LogP contribution is 2.39. The molecule has 0 bridgehead atoms. The van der Waals surface area contributed by atoms with Crippen LogP contribution in [0.1, 0.15) is 46.6 Å². The molecule has 4 aromatic carbocycles. The van der Waals surface area contributed by atoms with E-state index in [1.54, 1.807) is 4.90 Å². The Balaban J connectivity index is 1.51. The van der Waals surface area contributed by atoms with E-state index in [9.17, 15) is 19.5 Å². The average molecular weight is 705 g/mol. The summed E-state index contributed by atoms with van der Waals surface area (Å²) in [7, 11) is -3.26. The summed E-state index contributed by atoms with van der Waals surface area (Å²) in [5.74, 6) is -2.49.